The van der Waals surface area contributed by atoms with Crippen molar-refractivity contribution in [1.29, 1.82) is 5.26 Å². The monoisotopic (exact) mass is 299 g/mol. The summed E-state index contributed by atoms with van der Waals surface area (Å²) in [6.07, 6.45) is 0.643. The van der Waals surface area contributed by atoms with E-state index in [2.05, 4.69) is 19.1 Å². The van der Waals surface area contributed by atoms with Crippen LogP contribution in [0.3, 0.4) is 0 Å². The average molecular weight is 300 g/mol. The molecule has 0 saturated carbocycles. The van der Waals surface area contributed by atoms with Crippen molar-refractivity contribution in [2.75, 3.05) is 6.61 Å². The number of hydrogen-bond donors (Lipinski definition) is 0. The van der Waals surface area contributed by atoms with Crippen LogP contribution >= 0.6 is 11.6 Å². The first-order valence-corrected chi connectivity index (χ1v) is 7.33. The highest BCUT2D eigenvalue weighted by atomic mass is 35.5. The van der Waals surface area contributed by atoms with Gasteiger partial charge in [-0.2, -0.15) is 5.26 Å². The molecule has 2 aromatic carbocycles. The van der Waals surface area contributed by atoms with E-state index >= 15 is 0 Å². The van der Waals surface area contributed by atoms with E-state index in [0.717, 1.165) is 16.9 Å². The van der Waals surface area contributed by atoms with Gasteiger partial charge in [0.05, 0.1) is 18.6 Å². The Morgan fingerprint density at radius 3 is 2.67 bits per heavy atom. The smallest absolute Gasteiger partial charge is 0.122 e. The van der Waals surface area contributed by atoms with Crippen LogP contribution in [-0.4, -0.2) is 6.61 Å². The lowest BCUT2D eigenvalue weighted by Gasteiger charge is -2.13. The average Bonchev–Trinajstić information content (AvgIpc) is 2.48. The van der Waals surface area contributed by atoms with Gasteiger partial charge in [0.2, 0.25) is 0 Å². The molecule has 108 valence electrons. The Bertz CT molecular complexity index is 661. The van der Waals surface area contributed by atoms with Gasteiger partial charge in [-0.3, -0.25) is 0 Å². The third-order valence-electron chi connectivity index (χ3n) is 3.63. The molecule has 0 aliphatic heterocycles. The highest BCUT2D eigenvalue weighted by Crippen LogP contribution is 2.24. The molecule has 21 heavy (non-hydrogen) atoms. The molecular weight excluding hydrogens is 282 g/mol. The molecule has 1 atom stereocenters. The fourth-order valence-corrected chi connectivity index (χ4v) is 2.40. The molecule has 0 bridgehead atoms. The van der Waals surface area contributed by atoms with Gasteiger partial charge >= 0.3 is 0 Å². The Hall–Kier alpha value is -1.98. The minimum Gasteiger partial charge on any atom is -0.493 e. The van der Waals surface area contributed by atoms with Crippen molar-refractivity contribution in [1.82, 2.24) is 0 Å². The Balaban J connectivity index is 1.98. The van der Waals surface area contributed by atoms with E-state index in [-0.39, 0.29) is 5.92 Å². The van der Waals surface area contributed by atoms with E-state index in [1.54, 1.807) is 0 Å². The van der Waals surface area contributed by atoms with E-state index in [1.165, 1.54) is 5.56 Å². The van der Waals surface area contributed by atoms with Crippen LogP contribution in [0.1, 0.15) is 29.0 Å². The number of nitrogens with zero attached hydrogens (tertiary/aromatic N) is 1. The number of halogens is 1. The van der Waals surface area contributed by atoms with Gasteiger partial charge in [0.1, 0.15) is 5.75 Å². The fourth-order valence-electron chi connectivity index (χ4n) is 2.20. The molecule has 0 aliphatic rings. The summed E-state index contributed by atoms with van der Waals surface area (Å²) in [6, 6.07) is 15.8. The number of benzene rings is 2. The molecule has 0 spiro atoms. The predicted molar refractivity (Wildman–Crippen MR) is 85.8 cm³/mol. The van der Waals surface area contributed by atoms with E-state index in [4.69, 9.17) is 16.3 Å². The molecule has 0 saturated heterocycles. The van der Waals surface area contributed by atoms with Crippen LogP contribution in [-0.2, 0) is 0 Å². The normalized spacial score (nSPS) is 11.7. The molecule has 1 unspecified atom stereocenters. The number of aryl methyl sites for hydroxylation is 1. The van der Waals surface area contributed by atoms with Crippen molar-refractivity contribution in [3.8, 4) is 11.8 Å². The molecule has 2 rings (SSSR count). The zero-order valence-electron chi connectivity index (χ0n) is 12.3. The van der Waals surface area contributed by atoms with Crippen LogP contribution in [0, 0.1) is 25.2 Å². The van der Waals surface area contributed by atoms with Crippen molar-refractivity contribution in [3.05, 3.63) is 64.2 Å². The number of ether oxygens (including phenoxy) is 1. The maximum absolute atomic E-state index is 9.32. The maximum Gasteiger partial charge on any atom is 0.122 e. The molecule has 0 aromatic heterocycles. The summed E-state index contributed by atoms with van der Waals surface area (Å²) in [6.45, 7) is 4.62. The van der Waals surface area contributed by atoms with Gasteiger partial charge in [-0.15, -0.1) is 0 Å². The first kappa shape index (κ1) is 15.4. The van der Waals surface area contributed by atoms with Gasteiger partial charge in [0.15, 0.2) is 0 Å². The lowest BCUT2D eigenvalue weighted by atomic mass is 9.98. The molecule has 2 aromatic rings. The number of rotatable bonds is 5. The van der Waals surface area contributed by atoms with Crippen molar-refractivity contribution in [2.45, 2.75) is 26.2 Å². The standard InChI is InChI=1S/C18H18ClNO/c1-13-5-3-8-18(14(13)2)21-10-9-16(12-20)15-6-4-7-17(19)11-15/h3-8,11,16H,9-10H2,1-2H3. The molecule has 0 amide bonds. The van der Waals surface area contributed by atoms with Gasteiger partial charge in [-0.05, 0) is 48.7 Å². The first-order chi connectivity index (χ1) is 10.1. The fraction of sp³-hybridized carbons (Fsp3) is 0.278. The first-order valence-electron chi connectivity index (χ1n) is 6.96. The SMILES string of the molecule is Cc1cccc(OCCC(C#N)c2cccc(Cl)c2)c1C. The van der Waals surface area contributed by atoms with Crippen LogP contribution < -0.4 is 4.74 Å². The van der Waals surface area contributed by atoms with Gasteiger partial charge in [0, 0.05) is 11.4 Å². The number of hydrogen-bond acceptors (Lipinski definition) is 2. The predicted octanol–water partition coefficient (Wildman–Crippen LogP) is 5.03. The summed E-state index contributed by atoms with van der Waals surface area (Å²) in [4.78, 5) is 0. The molecular formula is C18H18ClNO. The van der Waals surface area contributed by atoms with Crippen LogP contribution in [0.15, 0.2) is 42.5 Å². The van der Waals surface area contributed by atoms with Crippen molar-refractivity contribution in [2.24, 2.45) is 0 Å². The Morgan fingerprint density at radius 1 is 1.19 bits per heavy atom. The van der Waals surface area contributed by atoms with Gasteiger partial charge in [-0.1, -0.05) is 35.9 Å². The van der Waals surface area contributed by atoms with E-state index < -0.39 is 0 Å². The van der Waals surface area contributed by atoms with Crippen LogP contribution in [0.5, 0.6) is 5.75 Å². The Morgan fingerprint density at radius 2 is 1.95 bits per heavy atom. The second-order valence-electron chi connectivity index (χ2n) is 5.07. The second-order valence-corrected chi connectivity index (χ2v) is 5.51. The summed E-state index contributed by atoms with van der Waals surface area (Å²) >= 11 is 5.97. The topological polar surface area (TPSA) is 33.0 Å². The highest BCUT2D eigenvalue weighted by molar-refractivity contribution is 6.30. The highest BCUT2D eigenvalue weighted by Gasteiger charge is 2.11. The van der Waals surface area contributed by atoms with Gasteiger partial charge < -0.3 is 4.74 Å². The zero-order chi connectivity index (χ0) is 15.2. The Labute approximate surface area is 130 Å². The molecule has 0 aliphatic carbocycles. The summed E-state index contributed by atoms with van der Waals surface area (Å²) in [7, 11) is 0. The largest absolute Gasteiger partial charge is 0.493 e. The van der Waals surface area contributed by atoms with E-state index in [9.17, 15) is 5.26 Å². The van der Waals surface area contributed by atoms with E-state index in [0.29, 0.717) is 18.1 Å². The molecule has 0 radical (unpaired) electrons. The molecule has 0 fully saturated rings. The van der Waals surface area contributed by atoms with Gasteiger partial charge in [0.25, 0.3) is 0 Å². The molecule has 3 heteroatoms. The molecule has 0 N–H and O–H groups in total. The minimum absolute atomic E-state index is 0.200. The zero-order valence-corrected chi connectivity index (χ0v) is 13.0. The summed E-state index contributed by atoms with van der Waals surface area (Å²) in [5.74, 6) is 0.687. The van der Waals surface area contributed by atoms with Crippen molar-refractivity contribution in [3.63, 3.8) is 0 Å². The van der Waals surface area contributed by atoms with Gasteiger partial charge in [-0.25, -0.2) is 0 Å². The third kappa shape index (κ3) is 4.00. The summed E-state index contributed by atoms with van der Waals surface area (Å²) < 4.78 is 5.82. The van der Waals surface area contributed by atoms with E-state index in [1.807, 2.05) is 43.3 Å². The minimum atomic E-state index is -0.200. The molecule has 2 nitrogen and oxygen atoms in total. The number of nitriles is 1. The maximum atomic E-state index is 9.32. The molecule has 0 heterocycles. The second kappa shape index (κ2) is 7.15. The van der Waals surface area contributed by atoms with Crippen LogP contribution in [0.2, 0.25) is 5.02 Å². The van der Waals surface area contributed by atoms with Crippen LogP contribution in [0.4, 0.5) is 0 Å². The quantitative estimate of drug-likeness (QED) is 0.775. The lowest BCUT2D eigenvalue weighted by Crippen LogP contribution is -2.05. The summed E-state index contributed by atoms with van der Waals surface area (Å²) in [5.41, 5.74) is 3.29. The lowest BCUT2D eigenvalue weighted by molar-refractivity contribution is 0.304. The Kier molecular flexibility index (Phi) is 5.25. The van der Waals surface area contributed by atoms with Crippen molar-refractivity contribution < 1.29 is 4.74 Å². The van der Waals surface area contributed by atoms with Crippen molar-refractivity contribution >= 4 is 11.6 Å². The third-order valence-corrected chi connectivity index (χ3v) is 3.86. The van der Waals surface area contributed by atoms with Crippen LogP contribution in [0.25, 0.3) is 0 Å². The summed E-state index contributed by atoms with van der Waals surface area (Å²) in [5, 5.41) is 9.97.